The smallest absolute Gasteiger partial charge is 0.307 e. The number of hydrogen-bond donors (Lipinski definition) is 2. The van der Waals surface area contributed by atoms with Crippen LogP contribution in [-0.2, 0) is 22.4 Å². The summed E-state index contributed by atoms with van der Waals surface area (Å²) in [5.74, 6) is -0.769. The van der Waals surface area contributed by atoms with Crippen LogP contribution in [0.3, 0.4) is 0 Å². The van der Waals surface area contributed by atoms with Gasteiger partial charge in [-0.05, 0) is 18.1 Å². The molecule has 6 nitrogen and oxygen atoms in total. The lowest BCUT2D eigenvalue weighted by Crippen LogP contribution is -2.25. The zero-order valence-electron chi connectivity index (χ0n) is 10.7. The Balaban J connectivity index is 2.18. The van der Waals surface area contributed by atoms with Gasteiger partial charge in [-0.1, -0.05) is 23.9 Å². The number of rotatable bonds is 5. The standard InChI is InChI=1S/C13H13NO5S/c1-19-9-3-2-7(4-8(9)6-11(15)16)5-10-12(17)14-13(18)20-10/h2-4,10H,5-6H2,1H3,(H,15,16)(H,14,17,18). The van der Waals surface area contributed by atoms with Crippen LogP contribution in [0, 0.1) is 0 Å². The van der Waals surface area contributed by atoms with Gasteiger partial charge in [0.05, 0.1) is 18.8 Å². The number of amides is 2. The number of nitrogens with one attached hydrogen (secondary N) is 1. The molecule has 1 aliphatic heterocycles. The summed E-state index contributed by atoms with van der Waals surface area (Å²) in [6.07, 6.45) is 0.221. The molecule has 0 aromatic heterocycles. The van der Waals surface area contributed by atoms with Gasteiger partial charge in [0.15, 0.2) is 0 Å². The molecule has 1 atom stereocenters. The van der Waals surface area contributed by atoms with Crippen LogP contribution < -0.4 is 10.1 Å². The molecule has 1 aliphatic rings. The van der Waals surface area contributed by atoms with Crippen LogP contribution in [0.2, 0.25) is 0 Å². The number of aliphatic carboxylic acids is 1. The number of methoxy groups -OCH3 is 1. The van der Waals surface area contributed by atoms with E-state index in [9.17, 15) is 14.4 Å². The van der Waals surface area contributed by atoms with E-state index in [0.29, 0.717) is 17.7 Å². The van der Waals surface area contributed by atoms with Gasteiger partial charge in [-0.25, -0.2) is 0 Å². The molecular formula is C13H13NO5S. The Morgan fingerprint density at radius 1 is 1.45 bits per heavy atom. The second-order valence-electron chi connectivity index (χ2n) is 4.30. The lowest BCUT2D eigenvalue weighted by molar-refractivity contribution is -0.136. The molecule has 2 amide bonds. The first-order chi connectivity index (χ1) is 9.49. The molecule has 1 aromatic carbocycles. The molecule has 2 rings (SSSR count). The van der Waals surface area contributed by atoms with Crippen molar-refractivity contribution in [3.63, 3.8) is 0 Å². The Morgan fingerprint density at radius 3 is 2.75 bits per heavy atom. The highest BCUT2D eigenvalue weighted by Gasteiger charge is 2.31. The predicted molar refractivity (Wildman–Crippen MR) is 73.0 cm³/mol. The predicted octanol–water partition coefficient (Wildman–Crippen LogP) is 1.22. The van der Waals surface area contributed by atoms with Crippen LogP contribution in [0.5, 0.6) is 5.75 Å². The zero-order valence-corrected chi connectivity index (χ0v) is 11.5. The number of benzene rings is 1. The number of thioether (sulfide) groups is 1. The van der Waals surface area contributed by atoms with Gasteiger partial charge in [0.25, 0.3) is 5.24 Å². The fraction of sp³-hybridized carbons (Fsp3) is 0.308. The molecule has 7 heteroatoms. The Hall–Kier alpha value is -2.02. The topological polar surface area (TPSA) is 92.7 Å². The fourth-order valence-corrected chi connectivity index (χ4v) is 2.86. The van der Waals surface area contributed by atoms with E-state index in [4.69, 9.17) is 9.84 Å². The van der Waals surface area contributed by atoms with Gasteiger partial charge >= 0.3 is 5.97 Å². The van der Waals surface area contributed by atoms with Gasteiger partial charge < -0.3 is 9.84 Å². The van der Waals surface area contributed by atoms with Crippen molar-refractivity contribution in [2.75, 3.05) is 7.11 Å². The molecule has 2 N–H and O–H groups in total. The van der Waals surface area contributed by atoms with Crippen LogP contribution in [0.4, 0.5) is 4.79 Å². The maximum atomic E-state index is 11.5. The van der Waals surface area contributed by atoms with Crippen molar-refractivity contribution >= 4 is 28.9 Å². The first kappa shape index (κ1) is 14.4. The first-order valence-electron chi connectivity index (χ1n) is 5.88. The molecule has 0 radical (unpaired) electrons. The van der Waals surface area contributed by atoms with Crippen molar-refractivity contribution in [1.29, 1.82) is 0 Å². The molecule has 1 saturated heterocycles. The van der Waals surface area contributed by atoms with Gasteiger partial charge in [0.2, 0.25) is 5.91 Å². The van der Waals surface area contributed by atoms with Crippen molar-refractivity contribution in [1.82, 2.24) is 5.32 Å². The summed E-state index contributed by atoms with van der Waals surface area (Å²) in [7, 11) is 1.47. The molecule has 1 aromatic rings. The average Bonchev–Trinajstić information content (AvgIpc) is 2.67. The molecule has 1 unspecified atom stereocenters. The molecule has 0 aliphatic carbocycles. The molecule has 1 fully saturated rings. The van der Waals surface area contributed by atoms with Crippen molar-refractivity contribution in [3.05, 3.63) is 29.3 Å². The van der Waals surface area contributed by atoms with Crippen molar-refractivity contribution in [3.8, 4) is 5.75 Å². The number of imide groups is 1. The fourth-order valence-electron chi connectivity index (χ4n) is 2.00. The summed E-state index contributed by atoms with van der Waals surface area (Å²) in [5.41, 5.74) is 1.34. The SMILES string of the molecule is COc1ccc(CC2SC(=O)NC2=O)cc1CC(=O)O. The quantitative estimate of drug-likeness (QED) is 0.848. The van der Waals surface area contributed by atoms with E-state index in [-0.39, 0.29) is 17.6 Å². The zero-order chi connectivity index (χ0) is 14.7. The van der Waals surface area contributed by atoms with Crippen molar-refractivity contribution in [2.45, 2.75) is 18.1 Å². The minimum atomic E-state index is -0.955. The molecule has 1 heterocycles. The van der Waals surface area contributed by atoms with E-state index in [1.54, 1.807) is 18.2 Å². The van der Waals surface area contributed by atoms with E-state index in [0.717, 1.165) is 17.3 Å². The molecule has 106 valence electrons. The number of carboxylic acid groups (broad SMARTS) is 1. The van der Waals surface area contributed by atoms with Crippen LogP contribution in [0.15, 0.2) is 18.2 Å². The van der Waals surface area contributed by atoms with Gasteiger partial charge in [-0.3, -0.25) is 19.7 Å². The Morgan fingerprint density at radius 2 is 2.20 bits per heavy atom. The number of ether oxygens (including phenoxy) is 1. The highest BCUT2D eigenvalue weighted by atomic mass is 32.2. The highest BCUT2D eigenvalue weighted by Crippen LogP contribution is 2.26. The van der Waals surface area contributed by atoms with E-state index in [1.807, 2.05) is 0 Å². The summed E-state index contributed by atoms with van der Waals surface area (Å²) >= 11 is 0.951. The third kappa shape index (κ3) is 3.30. The maximum Gasteiger partial charge on any atom is 0.307 e. The molecule has 0 spiro atoms. The number of carboxylic acids is 1. The van der Waals surface area contributed by atoms with Crippen LogP contribution in [0.25, 0.3) is 0 Å². The summed E-state index contributed by atoms with van der Waals surface area (Å²) in [5, 5.41) is 10.3. The number of hydrogen-bond acceptors (Lipinski definition) is 5. The highest BCUT2D eigenvalue weighted by molar-refractivity contribution is 8.15. The Kier molecular flexibility index (Phi) is 4.29. The second kappa shape index (κ2) is 5.96. The summed E-state index contributed by atoms with van der Waals surface area (Å²) in [6, 6.07) is 5.14. The van der Waals surface area contributed by atoms with Gasteiger partial charge in [0.1, 0.15) is 5.75 Å². The largest absolute Gasteiger partial charge is 0.496 e. The second-order valence-corrected chi connectivity index (χ2v) is 5.48. The lowest BCUT2D eigenvalue weighted by atomic mass is 10.0. The third-order valence-electron chi connectivity index (χ3n) is 2.87. The molecule has 20 heavy (non-hydrogen) atoms. The minimum Gasteiger partial charge on any atom is -0.496 e. The van der Waals surface area contributed by atoms with Crippen LogP contribution in [-0.4, -0.2) is 34.6 Å². The minimum absolute atomic E-state index is 0.153. The molecular weight excluding hydrogens is 282 g/mol. The number of carbonyl (C=O) groups excluding carboxylic acids is 2. The lowest BCUT2D eigenvalue weighted by Gasteiger charge is -2.10. The molecule has 0 bridgehead atoms. The van der Waals surface area contributed by atoms with Crippen molar-refractivity contribution in [2.24, 2.45) is 0 Å². The summed E-state index contributed by atoms with van der Waals surface area (Å²) in [6.45, 7) is 0. The van der Waals surface area contributed by atoms with Gasteiger partial charge in [0, 0.05) is 5.56 Å². The van der Waals surface area contributed by atoms with Crippen molar-refractivity contribution < 1.29 is 24.2 Å². The summed E-state index contributed by atoms with van der Waals surface area (Å²) < 4.78 is 5.11. The van der Waals surface area contributed by atoms with E-state index in [2.05, 4.69) is 5.32 Å². The van der Waals surface area contributed by atoms with Gasteiger partial charge in [-0.2, -0.15) is 0 Å². The van der Waals surface area contributed by atoms with E-state index >= 15 is 0 Å². The first-order valence-corrected chi connectivity index (χ1v) is 6.76. The van der Waals surface area contributed by atoms with E-state index < -0.39 is 11.2 Å². The Labute approximate surface area is 119 Å². The Bertz CT molecular complexity index is 572. The van der Waals surface area contributed by atoms with Crippen LogP contribution >= 0.6 is 11.8 Å². The number of carbonyl (C=O) groups is 3. The van der Waals surface area contributed by atoms with Crippen LogP contribution in [0.1, 0.15) is 11.1 Å². The average molecular weight is 295 g/mol. The van der Waals surface area contributed by atoms with E-state index in [1.165, 1.54) is 7.11 Å². The molecule has 0 saturated carbocycles. The third-order valence-corrected chi connectivity index (χ3v) is 3.86. The normalized spacial score (nSPS) is 17.9. The monoisotopic (exact) mass is 295 g/mol. The summed E-state index contributed by atoms with van der Waals surface area (Å²) in [4.78, 5) is 33.4. The maximum absolute atomic E-state index is 11.5. The van der Waals surface area contributed by atoms with Gasteiger partial charge in [-0.15, -0.1) is 0 Å².